The van der Waals surface area contributed by atoms with Crippen molar-refractivity contribution in [2.45, 2.75) is 12.3 Å². The van der Waals surface area contributed by atoms with Gasteiger partial charge in [-0.05, 0) is 66.1 Å². The molecule has 5 nitrogen and oxygen atoms in total. The van der Waals surface area contributed by atoms with Gasteiger partial charge >= 0.3 is 0 Å². The molecule has 0 saturated carbocycles. The number of para-hydroxylation sites is 1. The Kier molecular flexibility index (Phi) is 5.53. The molecule has 0 aliphatic carbocycles. The van der Waals surface area contributed by atoms with Crippen LogP contribution in [-0.2, 0) is 4.79 Å². The summed E-state index contributed by atoms with van der Waals surface area (Å²) in [6.07, 6.45) is 4.06. The summed E-state index contributed by atoms with van der Waals surface area (Å²) < 4.78 is 5.93. The van der Waals surface area contributed by atoms with E-state index in [-0.39, 0.29) is 11.8 Å². The first-order valence-electron chi connectivity index (χ1n) is 11.1. The fourth-order valence-electron chi connectivity index (χ4n) is 4.52. The molecule has 1 aliphatic heterocycles. The SMILES string of the molecule is C=CC(=O)N1CCC(c2cc(-c3ccc(Oc4ccccc4)cc3)c(N)c3cccnc23)C1. The minimum atomic E-state index is -0.0283. The van der Waals surface area contributed by atoms with Crippen molar-refractivity contribution in [3.05, 3.63) is 97.2 Å². The molecule has 1 aliphatic rings. The van der Waals surface area contributed by atoms with Crippen LogP contribution in [0.1, 0.15) is 17.9 Å². The number of aromatic nitrogens is 1. The smallest absolute Gasteiger partial charge is 0.245 e. The number of pyridine rings is 1. The van der Waals surface area contributed by atoms with Gasteiger partial charge in [-0.2, -0.15) is 0 Å². The molecule has 0 bridgehead atoms. The monoisotopic (exact) mass is 435 g/mol. The first-order valence-corrected chi connectivity index (χ1v) is 11.1. The molecule has 2 N–H and O–H groups in total. The molecule has 5 rings (SSSR count). The molecule has 0 radical (unpaired) electrons. The zero-order chi connectivity index (χ0) is 22.8. The number of likely N-dealkylation sites (tertiary alicyclic amines) is 1. The Morgan fingerprint density at radius 1 is 1.06 bits per heavy atom. The van der Waals surface area contributed by atoms with Crippen LogP contribution in [0.3, 0.4) is 0 Å². The minimum Gasteiger partial charge on any atom is -0.457 e. The average molecular weight is 436 g/mol. The number of hydrogen-bond acceptors (Lipinski definition) is 4. The molecule has 5 heteroatoms. The molecule has 4 aromatic rings. The topological polar surface area (TPSA) is 68.5 Å². The highest BCUT2D eigenvalue weighted by atomic mass is 16.5. The highest BCUT2D eigenvalue weighted by molar-refractivity contribution is 6.01. The van der Waals surface area contributed by atoms with Gasteiger partial charge in [-0.25, -0.2) is 0 Å². The number of rotatable bonds is 5. The highest BCUT2D eigenvalue weighted by Gasteiger charge is 2.28. The minimum absolute atomic E-state index is 0.0283. The zero-order valence-electron chi connectivity index (χ0n) is 18.3. The molecular weight excluding hydrogens is 410 g/mol. The maximum atomic E-state index is 12.1. The number of nitrogens with two attached hydrogens (primary N) is 1. The van der Waals surface area contributed by atoms with Crippen LogP contribution >= 0.6 is 0 Å². The fourth-order valence-corrected chi connectivity index (χ4v) is 4.52. The number of anilines is 1. The van der Waals surface area contributed by atoms with Gasteiger partial charge in [-0.15, -0.1) is 0 Å². The zero-order valence-corrected chi connectivity index (χ0v) is 18.3. The number of benzene rings is 3. The van der Waals surface area contributed by atoms with E-state index < -0.39 is 0 Å². The summed E-state index contributed by atoms with van der Waals surface area (Å²) in [5, 5.41) is 0.933. The lowest BCUT2D eigenvalue weighted by atomic mass is 9.90. The Hall–Kier alpha value is -4.12. The molecule has 1 saturated heterocycles. The summed E-state index contributed by atoms with van der Waals surface area (Å²) in [4.78, 5) is 18.6. The predicted octanol–water partition coefficient (Wildman–Crippen LogP) is 5.78. The van der Waals surface area contributed by atoms with Crippen LogP contribution in [0.4, 0.5) is 5.69 Å². The van der Waals surface area contributed by atoms with E-state index in [9.17, 15) is 4.79 Å². The lowest BCUT2D eigenvalue weighted by Gasteiger charge is -2.19. The molecule has 164 valence electrons. The van der Waals surface area contributed by atoms with Crippen molar-refractivity contribution in [3.63, 3.8) is 0 Å². The second-order valence-electron chi connectivity index (χ2n) is 8.24. The van der Waals surface area contributed by atoms with Gasteiger partial charge in [0.05, 0.1) is 5.52 Å². The van der Waals surface area contributed by atoms with Crippen molar-refractivity contribution in [1.29, 1.82) is 0 Å². The third-order valence-electron chi connectivity index (χ3n) is 6.22. The quantitative estimate of drug-likeness (QED) is 0.319. The van der Waals surface area contributed by atoms with E-state index in [0.717, 1.165) is 52.1 Å². The number of amides is 1. The van der Waals surface area contributed by atoms with Crippen molar-refractivity contribution in [1.82, 2.24) is 9.88 Å². The lowest BCUT2D eigenvalue weighted by molar-refractivity contribution is -0.125. The Labute approximate surface area is 193 Å². The Morgan fingerprint density at radius 3 is 2.58 bits per heavy atom. The summed E-state index contributed by atoms with van der Waals surface area (Å²) in [5.41, 5.74) is 11.3. The number of nitrogens with zero attached hydrogens (tertiary/aromatic N) is 2. The second-order valence-corrected chi connectivity index (χ2v) is 8.24. The number of ether oxygens (including phenoxy) is 1. The van der Waals surface area contributed by atoms with E-state index in [2.05, 4.69) is 17.6 Å². The molecule has 1 unspecified atom stereocenters. The third-order valence-corrected chi connectivity index (χ3v) is 6.22. The van der Waals surface area contributed by atoms with E-state index in [4.69, 9.17) is 10.5 Å². The molecular formula is C28H25N3O2. The first-order chi connectivity index (χ1) is 16.1. The molecule has 1 atom stereocenters. The van der Waals surface area contributed by atoms with Crippen molar-refractivity contribution < 1.29 is 9.53 Å². The van der Waals surface area contributed by atoms with Crippen LogP contribution in [-0.4, -0.2) is 28.9 Å². The molecule has 33 heavy (non-hydrogen) atoms. The first kappa shape index (κ1) is 20.8. The van der Waals surface area contributed by atoms with Crippen molar-refractivity contribution in [2.75, 3.05) is 18.8 Å². The second kappa shape index (κ2) is 8.79. The summed E-state index contributed by atoms with van der Waals surface area (Å²) in [5.74, 6) is 1.73. The fraction of sp³-hybridized carbons (Fsp3) is 0.143. The Morgan fingerprint density at radius 2 is 1.82 bits per heavy atom. The van der Waals surface area contributed by atoms with Crippen LogP contribution in [0, 0.1) is 0 Å². The summed E-state index contributed by atoms with van der Waals surface area (Å²) in [6, 6.07) is 23.7. The van der Waals surface area contributed by atoms with E-state index >= 15 is 0 Å². The summed E-state index contributed by atoms with van der Waals surface area (Å²) >= 11 is 0. The average Bonchev–Trinajstić information content (AvgIpc) is 3.35. The van der Waals surface area contributed by atoms with Gasteiger partial charge in [0.25, 0.3) is 0 Å². The predicted molar refractivity (Wildman–Crippen MR) is 132 cm³/mol. The van der Waals surface area contributed by atoms with Gasteiger partial charge in [-0.1, -0.05) is 36.9 Å². The van der Waals surface area contributed by atoms with Gasteiger partial charge in [-0.3, -0.25) is 9.78 Å². The Balaban J connectivity index is 1.52. The number of carbonyl (C=O) groups excluding carboxylic acids is 1. The molecule has 3 aromatic carbocycles. The van der Waals surface area contributed by atoms with Crippen LogP contribution in [0.25, 0.3) is 22.0 Å². The maximum absolute atomic E-state index is 12.1. The standard InChI is InChI=1S/C28H25N3O2/c1-2-26(32)31-16-14-20(18-31)25-17-24(27(29)23-9-6-15-30-28(23)25)19-10-12-22(13-11-19)33-21-7-4-3-5-8-21/h2-13,15,17,20H,1,14,16,18,29H2. The van der Waals surface area contributed by atoms with Gasteiger partial charge in [0.2, 0.25) is 5.91 Å². The van der Waals surface area contributed by atoms with Gasteiger partial charge in [0, 0.05) is 41.8 Å². The number of hydrogen-bond donors (Lipinski definition) is 1. The highest BCUT2D eigenvalue weighted by Crippen LogP contribution is 2.40. The third kappa shape index (κ3) is 4.05. The number of fused-ring (bicyclic) bond motifs is 1. The maximum Gasteiger partial charge on any atom is 0.245 e. The van der Waals surface area contributed by atoms with Crippen molar-refractivity contribution >= 4 is 22.5 Å². The van der Waals surface area contributed by atoms with E-state index in [1.54, 1.807) is 6.20 Å². The summed E-state index contributed by atoms with van der Waals surface area (Å²) in [6.45, 7) is 5.00. The van der Waals surface area contributed by atoms with Crippen molar-refractivity contribution in [3.8, 4) is 22.6 Å². The molecule has 1 fully saturated rings. The molecule has 0 spiro atoms. The van der Waals surface area contributed by atoms with Gasteiger partial charge < -0.3 is 15.4 Å². The van der Waals surface area contributed by atoms with Crippen LogP contribution in [0.15, 0.2) is 91.6 Å². The van der Waals surface area contributed by atoms with Gasteiger partial charge in [0.1, 0.15) is 11.5 Å². The van der Waals surface area contributed by atoms with Crippen LogP contribution in [0.5, 0.6) is 11.5 Å². The van der Waals surface area contributed by atoms with E-state index in [0.29, 0.717) is 12.2 Å². The largest absolute Gasteiger partial charge is 0.457 e. The van der Waals surface area contributed by atoms with Crippen LogP contribution < -0.4 is 10.5 Å². The van der Waals surface area contributed by atoms with Gasteiger partial charge in [0.15, 0.2) is 0 Å². The normalized spacial score (nSPS) is 15.5. The molecule has 1 amide bonds. The molecule has 1 aromatic heterocycles. The summed E-state index contributed by atoms with van der Waals surface area (Å²) in [7, 11) is 0. The van der Waals surface area contributed by atoms with Crippen LogP contribution in [0.2, 0.25) is 0 Å². The lowest BCUT2D eigenvalue weighted by Crippen LogP contribution is -2.26. The number of carbonyl (C=O) groups is 1. The van der Waals surface area contributed by atoms with Crippen molar-refractivity contribution in [2.24, 2.45) is 0 Å². The van der Waals surface area contributed by atoms with E-state index in [1.807, 2.05) is 71.6 Å². The number of nitrogen functional groups attached to an aromatic ring is 1. The Bertz CT molecular complexity index is 1320. The molecule has 2 heterocycles. The van der Waals surface area contributed by atoms with E-state index in [1.165, 1.54) is 6.08 Å².